The Morgan fingerprint density at radius 2 is 2.21 bits per heavy atom. The maximum absolute atomic E-state index is 12.9. The van der Waals surface area contributed by atoms with Gasteiger partial charge in [0.05, 0.1) is 5.69 Å². The molecular formula is C8H5BrF3NO. The van der Waals surface area contributed by atoms with E-state index in [9.17, 15) is 18.0 Å². The van der Waals surface area contributed by atoms with Crippen molar-refractivity contribution in [2.24, 2.45) is 0 Å². The molecule has 0 bridgehead atoms. The Bertz CT molecular complexity index is 357. The van der Waals surface area contributed by atoms with Gasteiger partial charge in [0.2, 0.25) is 0 Å². The number of rotatable bonds is 3. The summed E-state index contributed by atoms with van der Waals surface area (Å²) in [6, 6.07) is 0.637. The third-order valence-corrected chi connectivity index (χ3v) is 2.12. The number of carbonyl (C=O) groups is 1. The van der Waals surface area contributed by atoms with Gasteiger partial charge in [-0.15, -0.1) is 0 Å². The molecule has 0 atom stereocenters. The molecule has 0 spiro atoms. The highest BCUT2D eigenvalue weighted by atomic mass is 79.9. The van der Waals surface area contributed by atoms with E-state index in [0.717, 1.165) is 0 Å². The lowest BCUT2D eigenvalue weighted by atomic mass is 10.2. The minimum Gasteiger partial charge on any atom is -0.296 e. The second kappa shape index (κ2) is 4.54. The van der Waals surface area contributed by atoms with Crippen LogP contribution in [0.3, 0.4) is 0 Å². The summed E-state index contributed by atoms with van der Waals surface area (Å²) in [5.41, 5.74) is -0.975. The third kappa shape index (κ3) is 2.12. The molecule has 0 aliphatic carbocycles. The largest absolute Gasteiger partial charge is 0.296 e. The van der Waals surface area contributed by atoms with Crippen molar-refractivity contribution in [2.75, 3.05) is 0 Å². The van der Waals surface area contributed by atoms with E-state index in [1.54, 1.807) is 0 Å². The van der Waals surface area contributed by atoms with E-state index in [1.165, 1.54) is 0 Å². The molecule has 0 aromatic carbocycles. The van der Waals surface area contributed by atoms with E-state index in [-0.39, 0.29) is 17.3 Å². The van der Waals surface area contributed by atoms with E-state index in [4.69, 9.17) is 0 Å². The van der Waals surface area contributed by atoms with Crippen molar-refractivity contribution in [1.29, 1.82) is 0 Å². The van der Waals surface area contributed by atoms with E-state index in [2.05, 4.69) is 20.9 Å². The molecule has 14 heavy (non-hydrogen) atoms. The Labute approximate surface area is 86.3 Å². The lowest BCUT2D eigenvalue weighted by Crippen LogP contribution is -2.03. The molecule has 1 aromatic rings. The molecule has 0 saturated carbocycles. The van der Waals surface area contributed by atoms with Crippen LogP contribution in [0.4, 0.5) is 13.2 Å². The molecule has 0 saturated heterocycles. The third-order valence-electron chi connectivity index (χ3n) is 1.59. The summed E-state index contributed by atoms with van der Waals surface area (Å²) in [6.45, 7) is 0. The van der Waals surface area contributed by atoms with Crippen LogP contribution >= 0.6 is 15.9 Å². The van der Waals surface area contributed by atoms with Crippen LogP contribution in [0.5, 0.6) is 0 Å². The molecule has 0 N–H and O–H groups in total. The first-order chi connectivity index (χ1) is 6.60. The first kappa shape index (κ1) is 11.2. The standard InChI is InChI=1S/C8H5BrF3NO/c9-2-6-4(8(11)12)1-5(10)7(3-14)13-6/h1,3,8H,2H2. The number of aromatic nitrogens is 1. The molecule has 0 aliphatic rings. The van der Waals surface area contributed by atoms with Crippen LogP contribution in [0.25, 0.3) is 0 Å². The zero-order valence-electron chi connectivity index (χ0n) is 6.81. The van der Waals surface area contributed by atoms with Crippen LogP contribution in [0.2, 0.25) is 0 Å². The van der Waals surface area contributed by atoms with Gasteiger partial charge in [0, 0.05) is 10.9 Å². The topological polar surface area (TPSA) is 30.0 Å². The maximum atomic E-state index is 12.9. The van der Waals surface area contributed by atoms with E-state index < -0.39 is 23.5 Å². The Hall–Kier alpha value is -0.910. The summed E-state index contributed by atoms with van der Waals surface area (Å²) in [6.07, 6.45) is -2.61. The van der Waals surface area contributed by atoms with Crippen molar-refractivity contribution in [2.45, 2.75) is 11.8 Å². The average Bonchev–Trinajstić information content (AvgIpc) is 2.17. The fourth-order valence-electron chi connectivity index (χ4n) is 0.936. The molecule has 0 amide bonds. The Morgan fingerprint density at radius 3 is 2.64 bits per heavy atom. The van der Waals surface area contributed by atoms with Gasteiger partial charge in [-0.05, 0) is 6.07 Å². The number of hydrogen-bond acceptors (Lipinski definition) is 2. The van der Waals surface area contributed by atoms with Gasteiger partial charge in [0.15, 0.2) is 12.1 Å². The van der Waals surface area contributed by atoms with Crippen LogP contribution in [-0.2, 0) is 5.33 Å². The first-order valence-corrected chi connectivity index (χ1v) is 4.71. The summed E-state index contributed by atoms with van der Waals surface area (Å²) in [5.74, 6) is -1.03. The normalized spacial score (nSPS) is 10.6. The van der Waals surface area contributed by atoms with Crippen molar-refractivity contribution in [1.82, 2.24) is 4.98 Å². The number of carbonyl (C=O) groups excluding carboxylic acids is 1. The molecule has 2 nitrogen and oxygen atoms in total. The Balaban J connectivity index is 3.31. The second-order valence-electron chi connectivity index (χ2n) is 2.44. The van der Waals surface area contributed by atoms with E-state index in [0.29, 0.717) is 6.07 Å². The first-order valence-electron chi connectivity index (χ1n) is 3.58. The SMILES string of the molecule is O=Cc1nc(CBr)c(C(F)F)cc1F. The number of aldehydes is 1. The predicted octanol–water partition coefficient (Wildman–Crippen LogP) is 2.87. The monoisotopic (exact) mass is 267 g/mol. The number of pyridine rings is 1. The lowest BCUT2D eigenvalue weighted by molar-refractivity contribution is 0.111. The van der Waals surface area contributed by atoms with Crippen molar-refractivity contribution in [3.8, 4) is 0 Å². The highest BCUT2D eigenvalue weighted by Gasteiger charge is 2.17. The van der Waals surface area contributed by atoms with Crippen molar-refractivity contribution in [3.63, 3.8) is 0 Å². The quantitative estimate of drug-likeness (QED) is 0.623. The number of nitrogens with zero attached hydrogens (tertiary/aromatic N) is 1. The second-order valence-corrected chi connectivity index (χ2v) is 3.00. The van der Waals surface area contributed by atoms with Gasteiger partial charge in [-0.1, -0.05) is 15.9 Å². The number of hydrogen-bond donors (Lipinski definition) is 0. The van der Waals surface area contributed by atoms with Gasteiger partial charge in [-0.3, -0.25) is 4.79 Å². The summed E-state index contributed by atoms with van der Waals surface area (Å²) in [7, 11) is 0. The Morgan fingerprint density at radius 1 is 1.57 bits per heavy atom. The van der Waals surface area contributed by atoms with Crippen LogP contribution < -0.4 is 0 Å². The zero-order chi connectivity index (χ0) is 10.7. The van der Waals surface area contributed by atoms with Gasteiger partial charge in [-0.25, -0.2) is 18.2 Å². The molecule has 76 valence electrons. The van der Waals surface area contributed by atoms with E-state index >= 15 is 0 Å². The molecule has 0 unspecified atom stereocenters. The summed E-state index contributed by atoms with van der Waals surface area (Å²) >= 11 is 2.93. The van der Waals surface area contributed by atoms with Crippen LogP contribution in [0, 0.1) is 5.82 Å². The van der Waals surface area contributed by atoms with Gasteiger partial charge in [-0.2, -0.15) is 0 Å². The molecule has 6 heteroatoms. The summed E-state index contributed by atoms with van der Waals surface area (Å²) in [5, 5.41) is 0.0494. The number of halogens is 4. The maximum Gasteiger partial charge on any atom is 0.265 e. The highest BCUT2D eigenvalue weighted by molar-refractivity contribution is 9.08. The van der Waals surface area contributed by atoms with Gasteiger partial charge in [0.1, 0.15) is 5.69 Å². The average molecular weight is 268 g/mol. The van der Waals surface area contributed by atoms with Crippen LogP contribution in [0.15, 0.2) is 6.07 Å². The minimum absolute atomic E-state index is 0.0245. The molecular weight excluding hydrogens is 263 g/mol. The molecule has 0 aliphatic heterocycles. The lowest BCUT2D eigenvalue weighted by Gasteiger charge is -2.06. The van der Waals surface area contributed by atoms with Crippen molar-refractivity contribution >= 4 is 22.2 Å². The smallest absolute Gasteiger partial charge is 0.265 e. The zero-order valence-corrected chi connectivity index (χ0v) is 8.39. The fraction of sp³-hybridized carbons (Fsp3) is 0.250. The molecule has 1 heterocycles. The fourth-order valence-corrected chi connectivity index (χ4v) is 1.38. The molecule has 0 fully saturated rings. The predicted molar refractivity (Wildman–Crippen MR) is 47.2 cm³/mol. The van der Waals surface area contributed by atoms with Gasteiger partial charge in [0.25, 0.3) is 6.43 Å². The van der Waals surface area contributed by atoms with Crippen molar-refractivity contribution in [3.05, 3.63) is 28.8 Å². The van der Waals surface area contributed by atoms with E-state index in [1.807, 2.05) is 0 Å². The van der Waals surface area contributed by atoms with Gasteiger partial charge < -0.3 is 0 Å². The van der Waals surface area contributed by atoms with Gasteiger partial charge >= 0.3 is 0 Å². The summed E-state index contributed by atoms with van der Waals surface area (Å²) in [4.78, 5) is 13.7. The number of alkyl halides is 3. The minimum atomic E-state index is -2.80. The van der Waals surface area contributed by atoms with Crippen LogP contribution in [0.1, 0.15) is 28.2 Å². The molecule has 1 aromatic heterocycles. The van der Waals surface area contributed by atoms with Crippen molar-refractivity contribution < 1.29 is 18.0 Å². The molecule has 1 rings (SSSR count). The summed E-state index contributed by atoms with van der Waals surface area (Å²) < 4.78 is 37.5. The highest BCUT2D eigenvalue weighted by Crippen LogP contribution is 2.24. The Kier molecular flexibility index (Phi) is 3.62. The van der Waals surface area contributed by atoms with Crippen LogP contribution in [-0.4, -0.2) is 11.3 Å². The molecule has 0 radical (unpaired) electrons.